The van der Waals surface area contributed by atoms with Crippen LogP contribution in [0.15, 0.2) is 0 Å². The number of hydrogen-bond donors (Lipinski definition) is 2. The Morgan fingerprint density at radius 2 is 1.91 bits per heavy atom. The summed E-state index contributed by atoms with van der Waals surface area (Å²) in [7, 11) is -4.08. The fourth-order valence-corrected chi connectivity index (χ4v) is 3.77. The summed E-state index contributed by atoms with van der Waals surface area (Å²) in [6.45, 7) is 0. The van der Waals surface area contributed by atoms with E-state index in [4.69, 9.17) is 21.4 Å². The van der Waals surface area contributed by atoms with Crippen LogP contribution in [0.4, 0.5) is 0 Å². The minimum atomic E-state index is -4.08. The van der Waals surface area contributed by atoms with Gasteiger partial charge in [0.1, 0.15) is 4.57 Å². The molecule has 0 saturated heterocycles. The number of rotatable bonds is 3. The molecule has 0 aromatic heterocycles. The van der Waals surface area contributed by atoms with Crippen LogP contribution >= 0.6 is 67.0 Å². The Morgan fingerprint density at radius 3 is 2.00 bits per heavy atom. The van der Waals surface area contributed by atoms with Gasteiger partial charge in [-0.05, 0) is 0 Å². The Kier molecular flexibility index (Phi) is 5.15. The molecule has 8 heteroatoms. The van der Waals surface area contributed by atoms with E-state index in [-0.39, 0.29) is 6.42 Å². The first-order chi connectivity index (χ1) is 4.63. The second-order valence-corrected chi connectivity index (χ2v) is 10.8. The molecular weight excluding hydrogens is 390 g/mol. The van der Waals surface area contributed by atoms with Gasteiger partial charge in [-0.25, -0.2) is 0 Å². The summed E-state index contributed by atoms with van der Waals surface area (Å²) in [6.07, 6.45) is 0.0683. The lowest BCUT2D eigenvalue weighted by Crippen LogP contribution is -2.10. The predicted octanol–water partition coefficient (Wildman–Crippen LogP) is 2.96. The molecule has 0 amide bonds. The molecule has 0 aliphatic heterocycles. The summed E-state index contributed by atoms with van der Waals surface area (Å²) < 4.78 is 8.65. The quantitative estimate of drug-likeness (QED) is 0.571. The third kappa shape index (κ3) is 6.99. The molecule has 0 aliphatic carbocycles. The van der Waals surface area contributed by atoms with Crippen LogP contribution in [0.1, 0.15) is 6.42 Å². The number of alkyl halides is 4. The molecule has 11 heavy (non-hydrogen) atoms. The average Bonchev–Trinajstić information content (AvgIpc) is 1.56. The van der Waals surface area contributed by atoms with Crippen LogP contribution in [0.5, 0.6) is 0 Å². The van der Waals surface area contributed by atoms with Crippen molar-refractivity contribution >= 4 is 67.0 Å². The summed E-state index contributed by atoms with van der Waals surface area (Å²) in [5.41, 5.74) is 0. The summed E-state index contributed by atoms with van der Waals surface area (Å²) >= 11 is 14.4. The highest BCUT2D eigenvalue weighted by Gasteiger charge is 2.33. The molecule has 0 fully saturated rings. The summed E-state index contributed by atoms with van der Waals surface area (Å²) in [5, 5.41) is 0. The van der Waals surface area contributed by atoms with E-state index in [9.17, 15) is 4.57 Å². The summed E-state index contributed by atoms with van der Waals surface area (Å²) in [4.78, 5) is 17.2. The topological polar surface area (TPSA) is 57.5 Å². The third-order valence-electron chi connectivity index (χ3n) is 0.765. The SMILES string of the molecule is O=P(O)(O)C(Br)CC(Cl)(Br)Br. The Balaban J connectivity index is 4.10. The average molecular weight is 395 g/mol. The van der Waals surface area contributed by atoms with Gasteiger partial charge in [-0.2, -0.15) is 0 Å². The highest BCUT2D eigenvalue weighted by Crippen LogP contribution is 2.51. The zero-order valence-corrected chi connectivity index (χ0v) is 11.5. The van der Waals surface area contributed by atoms with Gasteiger partial charge in [-0.1, -0.05) is 59.4 Å². The summed E-state index contributed by atoms with van der Waals surface area (Å²) in [6, 6.07) is 0. The lowest BCUT2D eigenvalue weighted by atomic mass is 10.6. The second kappa shape index (κ2) is 4.40. The Hall–Kier alpha value is 1.88. The van der Waals surface area contributed by atoms with Crippen LogP contribution in [-0.4, -0.2) is 17.0 Å². The van der Waals surface area contributed by atoms with Crippen LogP contribution in [0.25, 0.3) is 0 Å². The first-order valence-corrected chi connectivity index (χ1v) is 6.95. The van der Waals surface area contributed by atoms with Gasteiger partial charge in [-0.3, -0.25) is 4.57 Å². The van der Waals surface area contributed by atoms with Crippen molar-refractivity contribution in [3.05, 3.63) is 0 Å². The first-order valence-electron chi connectivity index (χ1n) is 2.39. The predicted molar refractivity (Wildman–Crippen MR) is 55.8 cm³/mol. The molecule has 0 aliphatic rings. The van der Waals surface area contributed by atoms with Crippen molar-refractivity contribution in [3.8, 4) is 0 Å². The van der Waals surface area contributed by atoms with E-state index in [1.54, 1.807) is 0 Å². The smallest absolute Gasteiger partial charge is 0.324 e. The molecule has 2 N–H and O–H groups in total. The Bertz CT molecular complexity index is 175. The van der Waals surface area contributed by atoms with Gasteiger partial charge in [-0.15, -0.1) is 0 Å². The molecule has 0 heterocycles. The van der Waals surface area contributed by atoms with Gasteiger partial charge in [0.2, 0.25) is 0 Å². The molecule has 1 atom stereocenters. The van der Waals surface area contributed by atoms with E-state index in [1.165, 1.54) is 0 Å². The zero-order valence-electron chi connectivity index (χ0n) is 5.05. The van der Waals surface area contributed by atoms with Gasteiger partial charge in [0.25, 0.3) is 0 Å². The van der Waals surface area contributed by atoms with Crippen LogP contribution in [0.3, 0.4) is 0 Å². The van der Waals surface area contributed by atoms with Crippen molar-refractivity contribution in [1.29, 1.82) is 0 Å². The lowest BCUT2D eigenvalue weighted by Gasteiger charge is -2.17. The van der Waals surface area contributed by atoms with E-state index in [1.807, 2.05) is 0 Å². The van der Waals surface area contributed by atoms with Crippen molar-refractivity contribution in [2.24, 2.45) is 0 Å². The third-order valence-corrected chi connectivity index (χ3v) is 4.40. The Labute approximate surface area is 94.4 Å². The van der Waals surface area contributed by atoms with Crippen molar-refractivity contribution in [1.82, 2.24) is 0 Å². The van der Waals surface area contributed by atoms with Gasteiger partial charge in [0.15, 0.2) is 2.69 Å². The highest BCUT2D eigenvalue weighted by atomic mass is 79.9. The maximum absolute atomic E-state index is 10.6. The minimum Gasteiger partial charge on any atom is -0.324 e. The highest BCUT2D eigenvalue weighted by molar-refractivity contribution is 9.26. The lowest BCUT2D eigenvalue weighted by molar-refractivity contribution is 0.369. The van der Waals surface area contributed by atoms with Gasteiger partial charge < -0.3 is 9.79 Å². The molecule has 0 aromatic carbocycles. The molecule has 0 spiro atoms. The molecule has 0 radical (unpaired) electrons. The molecule has 3 nitrogen and oxygen atoms in total. The number of hydrogen-bond acceptors (Lipinski definition) is 1. The molecule has 68 valence electrons. The fraction of sp³-hybridized carbons (Fsp3) is 1.00. The Morgan fingerprint density at radius 1 is 1.55 bits per heavy atom. The van der Waals surface area contributed by atoms with E-state index < -0.39 is 14.9 Å². The molecular formula is C3H5Br3ClO3P. The van der Waals surface area contributed by atoms with Crippen molar-refractivity contribution < 1.29 is 14.4 Å². The monoisotopic (exact) mass is 392 g/mol. The van der Waals surface area contributed by atoms with Gasteiger partial charge in [0.05, 0.1) is 0 Å². The van der Waals surface area contributed by atoms with Crippen molar-refractivity contribution in [2.75, 3.05) is 0 Å². The first kappa shape index (κ1) is 12.9. The van der Waals surface area contributed by atoms with Crippen LogP contribution in [0.2, 0.25) is 0 Å². The van der Waals surface area contributed by atoms with E-state index in [2.05, 4.69) is 47.8 Å². The number of halogens is 4. The normalized spacial score (nSPS) is 16.5. The fourth-order valence-electron chi connectivity index (χ4n) is 0.310. The molecule has 0 rings (SSSR count). The van der Waals surface area contributed by atoms with Crippen LogP contribution < -0.4 is 0 Å². The zero-order chi connectivity index (χ0) is 9.28. The molecule has 0 bridgehead atoms. The van der Waals surface area contributed by atoms with Crippen LogP contribution in [-0.2, 0) is 4.57 Å². The second-order valence-electron chi connectivity index (χ2n) is 1.84. The van der Waals surface area contributed by atoms with Crippen molar-refractivity contribution in [2.45, 2.75) is 13.7 Å². The molecule has 0 saturated carbocycles. The van der Waals surface area contributed by atoms with Gasteiger partial charge in [0, 0.05) is 6.42 Å². The standard InChI is InChI=1S/C3H5Br3ClO3P/c4-2(11(8,9)10)1-3(5,6)7/h2H,1H2,(H2,8,9,10). The maximum Gasteiger partial charge on any atom is 0.339 e. The molecule has 1 unspecified atom stereocenters. The van der Waals surface area contributed by atoms with Crippen molar-refractivity contribution in [3.63, 3.8) is 0 Å². The van der Waals surface area contributed by atoms with Crippen LogP contribution in [0, 0.1) is 0 Å². The largest absolute Gasteiger partial charge is 0.339 e. The van der Waals surface area contributed by atoms with E-state index in [0.717, 1.165) is 0 Å². The van der Waals surface area contributed by atoms with E-state index in [0.29, 0.717) is 0 Å². The van der Waals surface area contributed by atoms with Gasteiger partial charge >= 0.3 is 7.60 Å². The molecule has 0 aromatic rings. The minimum absolute atomic E-state index is 0.0683. The maximum atomic E-state index is 10.6. The van der Waals surface area contributed by atoms with E-state index >= 15 is 0 Å². The summed E-state index contributed by atoms with van der Waals surface area (Å²) in [5.74, 6) is 0.